The number of carbonyl (C=O) groups is 2. The zero-order chi connectivity index (χ0) is 14.5. The number of aryl methyl sites for hydroxylation is 1. The van der Waals surface area contributed by atoms with E-state index in [4.69, 9.17) is 5.11 Å². The molecule has 0 radical (unpaired) electrons. The van der Waals surface area contributed by atoms with Crippen molar-refractivity contribution < 1.29 is 23.1 Å². The Morgan fingerprint density at radius 3 is 2.63 bits per heavy atom. The van der Waals surface area contributed by atoms with E-state index < -0.39 is 33.5 Å². The van der Waals surface area contributed by atoms with Crippen LogP contribution in [0, 0.1) is 0 Å². The Bertz CT molecular complexity index is 535. The van der Waals surface area contributed by atoms with Gasteiger partial charge in [-0.1, -0.05) is 0 Å². The number of rotatable bonds is 7. The Labute approximate surface area is 115 Å². The van der Waals surface area contributed by atoms with Gasteiger partial charge in [-0.05, 0) is 28.8 Å². The maximum Gasteiger partial charge on any atom is 0.327 e. The molecule has 0 aliphatic heterocycles. The Morgan fingerprint density at radius 2 is 2.16 bits per heavy atom. The lowest BCUT2D eigenvalue weighted by Crippen LogP contribution is -2.44. The average molecular weight is 305 g/mol. The molecule has 1 unspecified atom stereocenters. The van der Waals surface area contributed by atoms with Gasteiger partial charge in [0.15, 0.2) is 9.84 Å². The number of sulfone groups is 1. The van der Waals surface area contributed by atoms with Crippen molar-refractivity contribution in [1.29, 1.82) is 0 Å². The van der Waals surface area contributed by atoms with Crippen LogP contribution in [-0.2, 0) is 25.8 Å². The molecule has 2 N–H and O–H groups in total. The van der Waals surface area contributed by atoms with Gasteiger partial charge in [0.25, 0.3) is 0 Å². The molecule has 0 fully saturated rings. The predicted molar refractivity (Wildman–Crippen MR) is 71.9 cm³/mol. The van der Waals surface area contributed by atoms with Crippen molar-refractivity contribution >= 4 is 33.1 Å². The van der Waals surface area contributed by atoms with Gasteiger partial charge in [0.1, 0.15) is 6.04 Å². The number of carbonyl (C=O) groups excluding carboxylic acids is 1. The summed E-state index contributed by atoms with van der Waals surface area (Å²) in [5.41, 5.74) is 0.903. The third-order valence-corrected chi connectivity index (χ3v) is 4.78. The standard InChI is InChI=1S/C11H15NO5S2/c1-8(13)12-10(11(14)15)7-19(16,17)5-3-9-2-4-18-6-9/h2,4,6,10H,3,5,7H2,1H3,(H,12,13)(H,14,15). The molecule has 19 heavy (non-hydrogen) atoms. The van der Waals surface area contributed by atoms with Crippen LogP contribution in [0.4, 0.5) is 0 Å². The Balaban J connectivity index is 2.60. The van der Waals surface area contributed by atoms with E-state index in [2.05, 4.69) is 5.32 Å². The van der Waals surface area contributed by atoms with Gasteiger partial charge in [-0.15, -0.1) is 0 Å². The lowest BCUT2D eigenvalue weighted by molar-refractivity contribution is -0.140. The first kappa shape index (κ1) is 15.6. The minimum Gasteiger partial charge on any atom is -0.480 e. The second-order valence-corrected chi connectivity index (χ2v) is 7.10. The maximum atomic E-state index is 11.8. The van der Waals surface area contributed by atoms with E-state index in [0.29, 0.717) is 6.42 Å². The molecule has 0 bridgehead atoms. The Hall–Kier alpha value is -1.41. The van der Waals surface area contributed by atoms with Crippen molar-refractivity contribution in [2.24, 2.45) is 0 Å². The summed E-state index contributed by atoms with van der Waals surface area (Å²) in [6.07, 6.45) is 0.345. The predicted octanol–water partition coefficient (Wildman–Crippen LogP) is 0.295. The topological polar surface area (TPSA) is 101 Å². The van der Waals surface area contributed by atoms with Gasteiger partial charge in [-0.25, -0.2) is 13.2 Å². The number of carboxylic acid groups (broad SMARTS) is 1. The number of carboxylic acids is 1. The minimum absolute atomic E-state index is 0.132. The third-order valence-electron chi connectivity index (χ3n) is 2.38. The molecule has 8 heteroatoms. The molecule has 106 valence electrons. The molecule has 6 nitrogen and oxygen atoms in total. The van der Waals surface area contributed by atoms with Crippen molar-refractivity contribution in [3.8, 4) is 0 Å². The van der Waals surface area contributed by atoms with Crippen molar-refractivity contribution in [2.45, 2.75) is 19.4 Å². The van der Waals surface area contributed by atoms with Gasteiger partial charge in [0.2, 0.25) is 5.91 Å². The number of thiophene rings is 1. The fraction of sp³-hybridized carbons (Fsp3) is 0.455. The molecule has 0 aliphatic rings. The molecule has 0 spiro atoms. The highest BCUT2D eigenvalue weighted by atomic mass is 32.2. The highest BCUT2D eigenvalue weighted by molar-refractivity contribution is 7.91. The van der Waals surface area contributed by atoms with Gasteiger partial charge >= 0.3 is 5.97 Å². The number of amides is 1. The maximum absolute atomic E-state index is 11.8. The van der Waals surface area contributed by atoms with Crippen molar-refractivity contribution in [2.75, 3.05) is 11.5 Å². The van der Waals surface area contributed by atoms with Crippen LogP contribution < -0.4 is 5.32 Å². The molecular formula is C11H15NO5S2. The quantitative estimate of drug-likeness (QED) is 0.754. The second-order valence-electron chi connectivity index (χ2n) is 4.09. The molecule has 0 aromatic carbocycles. The smallest absolute Gasteiger partial charge is 0.327 e. The van der Waals surface area contributed by atoms with Gasteiger partial charge in [0.05, 0.1) is 11.5 Å². The van der Waals surface area contributed by atoms with Crippen LogP contribution in [0.25, 0.3) is 0 Å². The summed E-state index contributed by atoms with van der Waals surface area (Å²) in [5, 5.41) is 14.7. The van der Waals surface area contributed by atoms with E-state index in [1.54, 1.807) is 0 Å². The third kappa shape index (κ3) is 5.84. The van der Waals surface area contributed by atoms with Crippen LogP contribution in [0.5, 0.6) is 0 Å². The first-order chi connectivity index (χ1) is 8.80. The molecule has 0 aliphatic carbocycles. The zero-order valence-electron chi connectivity index (χ0n) is 10.3. The molecule has 1 atom stereocenters. The normalized spacial score (nSPS) is 12.9. The second kappa shape index (κ2) is 6.67. The number of hydrogen-bond donors (Lipinski definition) is 2. The average Bonchev–Trinajstić information content (AvgIpc) is 2.77. The molecule has 1 aromatic heterocycles. The minimum atomic E-state index is -3.54. The summed E-state index contributed by atoms with van der Waals surface area (Å²) in [4.78, 5) is 21.7. The summed E-state index contributed by atoms with van der Waals surface area (Å²) in [6.45, 7) is 1.15. The molecule has 1 heterocycles. The number of hydrogen-bond acceptors (Lipinski definition) is 5. The Morgan fingerprint density at radius 1 is 1.47 bits per heavy atom. The van der Waals surface area contributed by atoms with Crippen LogP contribution in [0.1, 0.15) is 12.5 Å². The van der Waals surface area contributed by atoms with Crippen LogP contribution in [0.15, 0.2) is 16.8 Å². The van der Waals surface area contributed by atoms with E-state index in [1.807, 2.05) is 16.8 Å². The van der Waals surface area contributed by atoms with E-state index in [1.165, 1.54) is 11.3 Å². The van der Waals surface area contributed by atoms with Crippen molar-refractivity contribution in [1.82, 2.24) is 5.32 Å². The molecule has 1 amide bonds. The fourth-order valence-corrected chi connectivity index (χ4v) is 3.62. The van der Waals surface area contributed by atoms with Gasteiger partial charge in [0, 0.05) is 6.92 Å². The summed E-state index contributed by atoms with van der Waals surface area (Å²) in [7, 11) is -3.54. The lowest BCUT2D eigenvalue weighted by Gasteiger charge is -2.13. The van der Waals surface area contributed by atoms with Gasteiger partial charge in [-0.3, -0.25) is 4.79 Å². The molecule has 1 rings (SSSR count). The fourth-order valence-electron chi connectivity index (χ4n) is 1.47. The summed E-state index contributed by atoms with van der Waals surface area (Å²) >= 11 is 1.47. The van der Waals surface area contributed by atoms with Crippen LogP contribution in [-0.4, -0.2) is 42.9 Å². The summed E-state index contributed by atoms with van der Waals surface area (Å²) in [5.74, 6) is -2.64. The highest BCUT2D eigenvalue weighted by Gasteiger charge is 2.25. The van der Waals surface area contributed by atoms with E-state index in [-0.39, 0.29) is 5.75 Å². The zero-order valence-corrected chi connectivity index (χ0v) is 12.0. The molecule has 0 saturated carbocycles. The first-order valence-corrected chi connectivity index (χ1v) is 8.28. The van der Waals surface area contributed by atoms with Crippen LogP contribution in [0.3, 0.4) is 0 Å². The number of nitrogens with one attached hydrogen (secondary N) is 1. The number of aliphatic carboxylic acids is 1. The van der Waals surface area contributed by atoms with Gasteiger partial charge < -0.3 is 10.4 Å². The largest absolute Gasteiger partial charge is 0.480 e. The summed E-state index contributed by atoms with van der Waals surface area (Å²) < 4.78 is 23.6. The molecule has 0 saturated heterocycles. The Kier molecular flexibility index (Phi) is 5.49. The van der Waals surface area contributed by atoms with Crippen LogP contribution in [0.2, 0.25) is 0 Å². The van der Waals surface area contributed by atoms with Crippen molar-refractivity contribution in [3.63, 3.8) is 0 Å². The molecule has 1 aromatic rings. The molecular weight excluding hydrogens is 290 g/mol. The highest BCUT2D eigenvalue weighted by Crippen LogP contribution is 2.08. The van der Waals surface area contributed by atoms with Crippen molar-refractivity contribution in [3.05, 3.63) is 22.4 Å². The van der Waals surface area contributed by atoms with E-state index >= 15 is 0 Å². The van der Waals surface area contributed by atoms with E-state index in [9.17, 15) is 18.0 Å². The monoisotopic (exact) mass is 305 g/mol. The lowest BCUT2D eigenvalue weighted by atomic mass is 10.3. The van der Waals surface area contributed by atoms with E-state index in [0.717, 1.165) is 12.5 Å². The SMILES string of the molecule is CC(=O)NC(CS(=O)(=O)CCc1ccsc1)C(=O)O. The van der Waals surface area contributed by atoms with Gasteiger partial charge in [-0.2, -0.15) is 11.3 Å². The van der Waals surface area contributed by atoms with Crippen LogP contribution >= 0.6 is 11.3 Å². The summed E-state index contributed by atoms with van der Waals surface area (Å²) in [6, 6.07) is 0.424. The first-order valence-electron chi connectivity index (χ1n) is 5.51.